The Morgan fingerprint density at radius 2 is 1.91 bits per heavy atom. The van der Waals surface area contributed by atoms with Gasteiger partial charge in [-0.25, -0.2) is 9.97 Å². The van der Waals surface area contributed by atoms with Crippen LogP contribution in [0.4, 0.5) is 0 Å². The molecule has 174 valence electrons. The van der Waals surface area contributed by atoms with Gasteiger partial charge in [-0.3, -0.25) is 10.1 Å². The third-order valence-corrected chi connectivity index (χ3v) is 5.83. The Labute approximate surface area is 204 Å². The standard InChI is InChI=1S/C28H27N7/c1-5-18(17-35(3)4)15-19(6-2)22-12-13-24-26(30-22)27(34-33-24)28-31-23-11-7-10-21(25(23)32-28)20-9-8-14-29-16-20/h5-16H,1,17H2,2-4H3,(H,31,32)(H,33,34)/b18-15+,19-6+. The highest BCUT2D eigenvalue weighted by Gasteiger charge is 2.17. The van der Waals surface area contributed by atoms with Crippen molar-refractivity contribution in [3.63, 3.8) is 0 Å². The molecule has 2 N–H and O–H groups in total. The van der Waals surface area contributed by atoms with Crippen LogP contribution in [0.25, 0.3) is 50.3 Å². The van der Waals surface area contributed by atoms with E-state index in [4.69, 9.17) is 9.97 Å². The summed E-state index contributed by atoms with van der Waals surface area (Å²) in [6, 6.07) is 14.1. The summed E-state index contributed by atoms with van der Waals surface area (Å²) < 4.78 is 0. The molecule has 5 aromatic rings. The zero-order chi connectivity index (χ0) is 24.4. The summed E-state index contributed by atoms with van der Waals surface area (Å²) in [5.74, 6) is 0.671. The van der Waals surface area contributed by atoms with Crippen molar-refractivity contribution in [2.45, 2.75) is 6.92 Å². The van der Waals surface area contributed by atoms with E-state index in [1.54, 1.807) is 6.20 Å². The first-order chi connectivity index (χ1) is 17.1. The van der Waals surface area contributed by atoms with E-state index in [1.165, 1.54) is 0 Å². The summed E-state index contributed by atoms with van der Waals surface area (Å²) in [6.07, 6.45) is 9.70. The fraction of sp³-hybridized carbons (Fsp3) is 0.143. The van der Waals surface area contributed by atoms with Crippen LogP contribution in [0.2, 0.25) is 0 Å². The Kier molecular flexibility index (Phi) is 6.08. The van der Waals surface area contributed by atoms with Gasteiger partial charge in [-0.05, 0) is 62.5 Å². The van der Waals surface area contributed by atoms with E-state index >= 15 is 0 Å². The molecule has 35 heavy (non-hydrogen) atoms. The molecule has 0 spiro atoms. The molecule has 7 nitrogen and oxygen atoms in total. The molecule has 0 saturated heterocycles. The minimum Gasteiger partial charge on any atom is -0.336 e. The normalized spacial score (nSPS) is 12.7. The maximum Gasteiger partial charge on any atom is 0.161 e. The van der Waals surface area contributed by atoms with E-state index in [1.807, 2.05) is 69.7 Å². The number of rotatable bonds is 7. The smallest absolute Gasteiger partial charge is 0.161 e. The van der Waals surface area contributed by atoms with E-state index in [0.717, 1.165) is 56.6 Å². The lowest BCUT2D eigenvalue weighted by molar-refractivity contribution is 0.449. The number of pyridine rings is 2. The molecule has 4 heterocycles. The van der Waals surface area contributed by atoms with E-state index in [9.17, 15) is 0 Å². The fourth-order valence-electron chi connectivity index (χ4n) is 4.16. The second-order valence-corrected chi connectivity index (χ2v) is 8.60. The van der Waals surface area contributed by atoms with Crippen LogP contribution in [0.1, 0.15) is 12.6 Å². The number of para-hydroxylation sites is 1. The predicted molar refractivity (Wildman–Crippen MR) is 143 cm³/mol. The molecular formula is C28H27N7. The van der Waals surface area contributed by atoms with Gasteiger partial charge in [0.25, 0.3) is 0 Å². The molecule has 1 aromatic carbocycles. The molecule has 0 saturated carbocycles. The van der Waals surface area contributed by atoms with Gasteiger partial charge in [0.2, 0.25) is 0 Å². The van der Waals surface area contributed by atoms with Crippen molar-refractivity contribution < 1.29 is 0 Å². The number of nitrogens with one attached hydrogen (secondary N) is 2. The highest BCUT2D eigenvalue weighted by atomic mass is 15.1. The van der Waals surface area contributed by atoms with Gasteiger partial charge in [0, 0.05) is 30.1 Å². The van der Waals surface area contributed by atoms with Crippen LogP contribution in [-0.4, -0.2) is 55.7 Å². The van der Waals surface area contributed by atoms with Crippen LogP contribution in [-0.2, 0) is 0 Å². The Morgan fingerprint density at radius 3 is 2.66 bits per heavy atom. The average molecular weight is 462 g/mol. The first-order valence-electron chi connectivity index (χ1n) is 11.5. The van der Waals surface area contributed by atoms with Crippen molar-refractivity contribution >= 4 is 27.6 Å². The van der Waals surface area contributed by atoms with Gasteiger partial charge in [-0.1, -0.05) is 36.9 Å². The molecule has 0 amide bonds. The van der Waals surface area contributed by atoms with Gasteiger partial charge in [-0.15, -0.1) is 0 Å². The monoisotopic (exact) mass is 461 g/mol. The van der Waals surface area contributed by atoms with Crippen molar-refractivity contribution in [1.29, 1.82) is 0 Å². The van der Waals surface area contributed by atoms with Crippen LogP contribution in [0.15, 0.2) is 85.2 Å². The van der Waals surface area contributed by atoms with Crippen LogP contribution >= 0.6 is 0 Å². The molecule has 0 radical (unpaired) electrons. The van der Waals surface area contributed by atoms with Gasteiger partial charge >= 0.3 is 0 Å². The lowest BCUT2D eigenvalue weighted by atomic mass is 10.1. The van der Waals surface area contributed by atoms with Gasteiger partial charge in [-0.2, -0.15) is 5.10 Å². The third-order valence-electron chi connectivity index (χ3n) is 5.83. The van der Waals surface area contributed by atoms with Gasteiger partial charge in [0.05, 0.1) is 22.2 Å². The fourth-order valence-corrected chi connectivity index (χ4v) is 4.16. The molecular weight excluding hydrogens is 434 g/mol. The van der Waals surface area contributed by atoms with E-state index in [0.29, 0.717) is 11.5 Å². The minimum atomic E-state index is 0.671. The predicted octanol–water partition coefficient (Wildman–Crippen LogP) is 5.64. The number of H-pyrrole nitrogens is 2. The van der Waals surface area contributed by atoms with Gasteiger partial charge in [0.15, 0.2) is 11.5 Å². The molecule has 0 unspecified atom stereocenters. The number of hydrogen-bond donors (Lipinski definition) is 2. The maximum atomic E-state index is 4.98. The molecule has 0 bridgehead atoms. The minimum absolute atomic E-state index is 0.671. The Bertz CT molecular complexity index is 1570. The Morgan fingerprint density at radius 1 is 1.03 bits per heavy atom. The van der Waals surface area contributed by atoms with Crippen molar-refractivity contribution in [3.05, 3.63) is 90.9 Å². The average Bonchev–Trinajstić information content (AvgIpc) is 3.50. The van der Waals surface area contributed by atoms with Crippen LogP contribution < -0.4 is 0 Å². The molecule has 0 aliphatic carbocycles. The number of aromatic nitrogens is 6. The highest BCUT2D eigenvalue weighted by molar-refractivity contribution is 5.96. The number of allylic oxidation sites excluding steroid dienone is 3. The van der Waals surface area contributed by atoms with Crippen LogP contribution in [0.5, 0.6) is 0 Å². The number of hydrogen-bond acceptors (Lipinski definition) is 5. The number of aromatic amines is 2. The lowest BCUT2D eigenvalue weighted by Crippen LogP contribution is -2.14. The largest absolute Gasteiger partial charge is 0.336 e. The van der Waals surface area contributed by atoms with E-state index < -0.39 is 0 Å². The molecule has 0 aliphatic heterocycles. The molecule has 7 heteroatoms. The zero-order valence-corrected chi connectivity index (χ0v) is 20.1. The molecule has 5 rings (SSSR count). The first-order valence-corrected chi connectivity index (χ1v) is 11.5. The molecule has 0 aliphatic rings. The summed E-state index contributed by atoms with van der Waals surface area (Å²) >= 11 is 0. The van der Waals surface area contributed by atoms with Gasteiger partial charge < -0.3 is 9.88 Å². The number of nitrogens with zero attached hydrogens (tertiary/aromatic N) is 5. The Hall–Kier alpha value is -4.36. The van der Waals surface area contributed by atoms with Crippen molar-refractivity contribution in [3.8, 4) is 22.6 Å². The number of benzene rings is 1. The topological polar surface area (TPSA) is 86.4 Å². The van der Waals surface area contributed by atoms with Crippen LogP contribution in [0, 0.1) is 0 Å². The van der Waals surface area contributed by atoms with Crippen molar-refractivity contribution in [2.24, 2.45) is 0 Å². The lowest BCUT2D eigenvalue weighted by Gasteiger charge is -2.11. The first kappa shape index (κ1) is 22.4. The number of fused-ring (bicyclic) bond motifs is 2. The zero-order valence-electron chi connectivity index (χ0n) is 20.1. The Balaban J connectivity index is 1.59. The van der Waals surface area contributed by atoms with Crippen molar-refractivity contribution in [1.82, 2.24) is 35.0 Å². The van der Waals surface area contributed by atoms with E-state index in [-0.39, 0.29) is 0 Å². The van der Waals surface area contributed by atoms with Crippen LogP contribution in [0.3, 0.4) is 0 Å². The highest BCUT2D eigenvalue weighted by Crippen LogP contribution is 2.31. The van der Waals surface area contributed by atoms with Gasteiger partial charge in [0.1, 0.15) is 5.52 Å². The number of likely N-dealkylation sites (N-methyl/N-ethyl adjacent to an activating group) is 1. The summed E-state index contributed by atoms with van der Waals surface area (Å²) in [6.45, 7) is 6.79. The maximum absolute atomic E-state index is 4.98. The molecule has 4 aromatic heterocycles. The SMILES string of the molecule is C=C/C(=C\C(=C/C)c1ccc2[nH]nc(-c3nc4c(-c5cccnc5)cccc4[nH]3)c2n1)CN(C)C. The quantitative estimate of drug-likeness (QED) is 0.306. The number of imidazole rings is 1. The summed E-state index contributed by atoms with van der Waals surface area (Å²) in [5, 5.41) is 7.65. The summed E-state index contributed by atoms with van der Waals surface area (Å²) in [7, 11) is 4.09. The second kappa shape index (κ2) is 9.48. The summed E-state index contributed by atoms with van der Waals surface area (Å²) in [5.41, 5.74) is 9.17. The third kappa shape index (κ3) is 4.41. The molecule has 0 fully saturated rings. The molecule has 0 atom stereocenters. The van der Waals surface area contributed by atoms with Crippen molar-refractivity contribution in [2.75, 3.05) is 20.6 Å². The second-order valence-electron chi connectivity index (χ2n) is 8.60. The van der Waals surface area contributed by atoms with E-state index in [2.05, 4.69) is 49.9 Å². The summed E-state index contributed by atoms with van der Waals surface area (Å²) in [4.78, 5) is 19.7.